The van der Waals surface area contributed by atoms with Gasteiger partial charge in [0.15, 0.2) is 0 Å². The van der Waals surface area contributed by atoms with Crippen LogP contribution in [0.15, 0.2) is 18.2 Å². The molecule has 5 heteroatoms. The van der Waals surface area contributed by atoms with Crippen LogP contribution in [-0.4, -0.2) is 15.9 Å². The highest BCUT2D eigenvalue weighted by atomic mass is 32.1. The molecule has 2 aromatic heterocycles. The molecule has 3 aromatic rings. The highest BCUT2D eigenvalue weighted by molar-refractivity contribution is 7.20. The van der Waals surface area contributed by atoms with Crippen molar-refractivity contribution < 1.29 is 4.79 Å². The van der Waals surface area contributed by atoms with Gasteiger partial charge in [-0.25, -0.2) is 9.97 Å². The summed E-state index contributed by atoms with van der Waals surface area (Å²) in [5, 5.41) is 4.08. The van der Waals surface area contributed by atoms with Crippen molar-refractivity contribution in [2.24, 2.45) is 0 Å². The molecule has 0 spiro atoms. The molecule has 3 rings (SSSR count). The Morgan fingerprint density at radius 2 is 1.65 bits per heavy atom. The van der Waals surface area contributed by atoms with E-state index in [4.69, 9.17) is 4.98 Å². The first-order valence-electron chi connectivity index (χ1n) is 8.75. The van der Waals surface area contributed by atoms with Gasteiger partial charge in [-0.2, -0.15) is 0 Å². The highest BCUT2D eigenvalue weighted by Gasteiger charge is 2.23. The zero-order valence-electron chi connectivity index (χ0n) is 16.4. The Morgan fingerprint density at radius 3 is 2.23 bits per heavy atom. The van der Waals surface area contributed by atoms with Gasteiger partial charge in [-0.3, -0.25) is 4.79 Å². The van der Waals surface area contributed by atoms with Crippen LogP contribution in [0.2, 0.25) is 0 Å². The molecule has 26 heavy (non-hydrogen) atoms. The lowest BCUT2D eigenvalue weighted by atomic mass is 9.95. The normalized spacial score (nSPS) is 11.8. The lowest BCUT2D eigenvalue weighted by Gasteiger charge is -2.16. The number of hydrogen-bond donors (Lipinski definition) is 1. The molecule has 1 N–H and O–H groups in total. The first-order chi connectivity index (χ1) is 12.1. The molecule has 1 aromatic carbocycles. The van der Waals surface area contributed by atoms with Crippen LogP contribution in [0.3, 0.4) is 0 Å². The molecule has 0 aliphatic heterocycles. The van der Waals surface area contributed by atoms with E-state index in [1.807, 2.05) is 45.9 Å². The number of rotatable bonds is 2. The van der Waals surface area contributed by atoms with Gasteiger partial charge in [0.2, 0.25) is 0 Å². The summed E-state index contributed by atoms with van der Waals surface area (Å²) in [6.45, 7) is 14.3. The van der Waals surface area contributed by atoms with Crippen molar-refractivity contribution in [3.63, 3.8) is 0 Å². The summed E-state index contributed by atoms with van der Waals surface area (Å²) in [5.74, 6) is 0.727. The molecular formula is C21H25N3OS. The summed E-state index contributed by atoms with van der Waals surface area (Å²) in [7, 11) is 0. The van der Waals surface area contributed by atoms with E-state index >= 15 is 0 Å². The molecule has 0 fully saturated rings. The number of fused-ring (bicyclic) bond motifs is 1. The Bertz CT molecular complexity index is 992. The van der Waals surface area contributed by atoms with E-state index in [0.29, 0.717) is 4.88 Å². The van der Waals surface area contributed by atoms with E-state index < -0.39 is 0 Å². The third kappa shape index (κ3) is 3.23. The average Bonchev–Trinajstić information content (AvgIpc) is 2.87. The molecule has 0 saturated carbocycles. The quantitative estimate of drug-likeness (QED) is 0.653. The van der Waals surface area contributed by atoms with Crippen LogP contribution in [0.1, 0.15) is 58.7 Å². The lowest BCUT2D eigenvalue weighted by molar-refractivity contribution is 0.103. The second-order valence-electron chi connectivity index (χ2n) is 7.84. The predicted octanol–water partition coefficient (Wildman–Crippen LogP) is 5.47. The Morgan fingerprint density at radius 1 is 1.04 bits per heavy atom. The number of thiophene rings is 1. The van der Waals surface area contributed by atoms with Gasteiger partial charge in [0.05, 0.1) is 10.6 Å². The Labute approximate surface area is 158 Å². The summed E-state index contributed by atoms with van der Waals surface area (Å²) >= 11 is 1.44. The molecule has 0 aliphatic carbocycles. The molecule has 0 bridgehead atoms. The summed E-state index contributed by atoms with van der Waals surface area (Å²) in [6, 6.07) is 6.01. The number of hydrogen-bond acceptors (Lipinski definition) is 4. The minimum Gasteiger partial charge on any atom is -0.321 e. The molecule has 0 unspecified atom stereocenters. The number of aryl methyl sites for hydroxylation is 4. The van der Waals surface area contributed by atoms with Gasteiger partial charge < -0.3 is 5.32 Å². The van der Waals surface area contributed by atoms with Crippen molar-refractivity contribution in [3.05, 3.63) is 51.3 Å². The number of nitrogens with one attached hydrogen (secondary N) is 1. The van der Waals surface area contributed by atoms with Gasteiger partial charge in [-0.1, -0.05) is 39.0 Å². The van der Waals surface area contributed by atoms with Crippen molar-refractivity contribution in [2.45, 2.75) is 53.9 Å². The van der Waals surface area contributed by atoms with Gasteiger partial charge in [0, 0.05) is 16.5 Å². The number of carbonyl (C=O) groups excluding carboxylic acids is 1. The number of carbonyl (C=O) groups is 1. The first-order valence-corrected chi connectivity index (χ1v) is 9.57. The van der Waals surface area contributed by atoms with Crippen molar-refractivity contribution in [2.75, 3.05) is 5.32 Å². The molecule has 1 amide bonds. The summed E-state index contributed by atoms with van der Waals surface area (Å²) < 4.78 is 0. The minimum absolute atomic E-state index is 0.0837. The maximum Gasteiger partial charge on any atom is 0.266 e. The van der Waals surface area contributed by atoms with E-state index in [-0.39, 0.29) is 11.3 Å². The summed E-state index contributed by atoms with van der Waals surface area (Å²) in [4.78, 5) is 24.0. The van der Waals surface area contributed by atoms with E-state index in [9.17, 15) is 4.79 Å². The van der Waals surface area contributed by atoms with Gasteiger partial charge >= 0.3 is 0 Å². The molecule has 4 nitrogen and oxygen atoms in total. The van der Waals surface area contributed by atoms with Crippen LogP contribution in [0.4, 0.5) is 5.69 Å². The van der Waals surface area contributed by atoms with Gasteiger partial charge in [-0.15, -0.1) is 11.3 Å². The second kappa shape index (κ2) is 6.47. The van der Waals surface area contributed by atoms with E-state index in [1.54, 1.807) is 0 Å². The number of aromatic nitrogens is 2. The predicted molar refractivity (Wildman–Crippen MR) is 109 cm³/mol. The minimum atomic E-state index is -0.127. The maximum absolute atomic E-state index is 13.0. The van der Waals surface area contributed by atoms with Crippen molar-refractivity contribution in [1.82, 2.24) is 9.97 Å². The fourth-order valence-electron chi connectivity index (χ4n) is 3.07. The molecule has 0 atom stereocenters. The molecular weight excluding hydrogens is 342 g/mol. The Balaban J connectivity index is 2.07. The molecule has 136 valence electrons. The van der Waals surface area contributed by atoms with Crippen molar-refractivity contribution >= 4 is 33.1 Å². The second-order valence-corrected chi connectivity index (χ2v) is 8.84. The first kappa shape index (κ1) is 18.5. The Kier molecular flexibility index (Phi) is 4.61. The third-order valence-electron chi connectivity index (χ3n) is 4.57. The monoisotopic (exact) mass is 367 g/mol. The zero-order valence-corrected chi connectivity index (χ0v) is 17.3. The van der Waals surface area contributed by atoms with E-state index in [0.717, 1.165) is 44.1 Å². The van der Waals surface area contributed by atoms with Crippen molar-refractivity contribution in [3.8, 4) is 0 Å². The fraction of sp³-hybridized carbons (Fsp3) is 0.381. The van der Waals surface area contributed by atoms with E-state index in [2.05, 4.69) is 31.1 Å². The SMILES string of the molecule is Cc1cccc(C)c1NC(=O)c1sc2nc(C(C)(C)C)nc(C)c2c1C. The van der Waals surface area contributed by atoms with Crippen LogP contribution >= 0.6 is 11.3 Å². The Hall–Kier alpha value is -2.27. The fourth-order valence-corrected chi connectivity index (χ4v) is 4.20. The van der Waals surface area contributed by atoms with Gasteiger partial charge in [0.1, 0.15) is 10.7 Å². The number of nitrogens with zero attached hydrogens (tertiary/aromatic N) is 2. The molecule has 0 aliphatic rings. The van der Waals surface area contributed by atoms with Crippen LogP contribution in [-0.2, 0) is 5.41 Å². The summed E-state index contributed by atoms with van der Waals surface area (Å²) in [5.41, 5.74) is 4.75. The van der Waals surface area contributed by atoms with Crippen molar-refractivity contribution in [1.29, 1.82) is 0 Å². The standard InChI is InChI=1S/C21H25N3OS/c1-11-9-8-10-12(2)16(11)23-18(25)17-13(3)15-14(4)22-20(21(5,6)7)24-19(15)26-17/h8-10H,1-7H3,(H,23,25). The highest BCUT2D eigenvalue weighted by Crippen LogP contribution is 2.34. The lowest BCUT2D eigenvalue weighted by Crippen LogP contribution is -2.16. The zero-order chi connectivity index (χ0) is 19.2. The third-order valence-corrected chi connectivity index (χ3v) is 5.75. The summed E-state index contributed by atoms with van der Waals surface area (Å²) in [6.07, 6.45) is 0. The number of amides is 1. The van der Waals surface area contributed by atoms with Gasteiger partial charge in [-0.05, 0) is 44.4 Å². The van der Waals surface area contributed by atoms with Crippen LogP contribution in [0.5, 0.6) is 0 Å². The van der Waals surface area contributed by atoms with Crippen LogP contribution < -0.4 is 5.32 Å². The van der Waals surface area contributed by atoms with Gasteiger partial charge in [0.25, 0.3) is 5.91 Å². The average molecular weight is 368 g/mol. The van der Waals surface area contributed by atoms with Crippen LogP contribution in [0, 0.1) is 27.7 Å². The molecule has 0 radical (unpaired) electrons. The number of benzene rings is 1. The van der Waals surface area contributed by atoms with E-state index in [1.165, 1.54) is 11.3 Å². The maximum atomic E-state index is 13.0. The smallest absolute Gasteiger partial charge is 0.266 e. The number of para-hydroxylation sites is 1. The molecule has 2 heterocycles. The molecule has 0 saturated heterocycles. The van der Waals surface area contributed by atoms with Crippen LogP contribution in [0.25, 0.3) is 10.2 Å². The largest absolute Gasteiger partial charge is 0.321 e. The number of anilines is 1. The topological polar surface area (TPSA) is 54.9 Å².